The molecular formula is C15H10Cl2N2S. The molecule has 0 bridgehead atoms. The Morgan fingerprint density at radius 2 is 1.65 bits per heavy atom. The summed E-state index contributed by atoms with van der Waals surface area (Å²) in [6, 6.07) is 16.0. The van der Waals surface area contributed by atoms with Crippen LogP contribution in [0.5, 0.6) is 0 Å². The fraction of sp³-hybridized carbons (Fsp3) is 0. The lowest BCUT2D eigenvalue weighted by Crippen LogP contribution is -1.93. The van der Waals surface area contributed by atoms with E-state index in [1.807, 2.05) is 18.2 Å². The van der Waals surface area contributed by atoms with E-state index in [-0.39, 0.29) is 0 Å². The first-order valence-electron chi connectivity index (χ1n) is 5.91. The van der Waals surface area contributed by atoms with Gasteiger partial charge in [-0.15, -0.1) is 0 Å². The van der Waals surface area contributed by atoms with Crippen molar-refractivity contribution in [3.63, 3.8) is 0 Å². The molecule has 0 fully saturated rings. The third-order valence-corrected chi connectivity index (χ3v) is 4.56. The average Bonchev–Trinajstić information content (AvgIpc) is 2.44. The molecular weight excluding hydrogens is 311 g/mol. The van der Waals surface area contributed by atoms with Gasteiger partial charge in [-0.1, -0.05) is 65.3 Å². The smallest absolute Gasteiger partial charge is 0.143 e. The first-order chi connectivity index (χ1) is 9.63. The molecule has 0 atom stereocenters. The average molecular weight is 321 g/mol. The van der Waals surface area contributed by atoms with Crippen LogP contribution in [0.3, 0.4) is 0 Å². The van der Waals surface area contributed by atoms with Crippen molar-refractivity contribution >= 4 is 51.6 Å². The van der Waals surface area contributed by atoms with E-state index >= 15 is 0 Å². The molecule has 2 aromatic carbocycles. The molecule has 3 rings (SSSR count). The molecule has 0 aliphatic carbocycles. The second kappa shape index (κ2) is 5.52. The van der Waals surface area contributed by atoms with E-state index in [4.69, 9.17) is 28.9 Å². The van der Waals surface area contributed by atoms with E-state index < -0.39 is 0 Å². The van der Waals surface area contributed by atoms with Gasteiger partial charge in [0, 0.05) is 4.90 Å². The zero-order chi connectivity index (χ0) is 14.1. The highest BCUT2D eigenvalue weighted by Crippen LogP contribution is 2.35. The Kier molecular flexibility index (Phi) is 3.74. The van der Waals surface area contributed by atoms with Crippen LogP contribution >= 0.6 is 35.0 Å². The Morgan fingerprint density at radius 3 is 2.45 bits per heavy atom. The van der Waals surface area contributed by atoms with Crippen molar-refractivity contribution in [2.45, 2.75) is 9.92 Å². The van der Waals surface area contributed by atoms with Gasteiger partial charge < -0.3 is 5.73 Å². The number of pyridine rings is 1. The number of nitrogen functional groups attached to an aromatic ring is 1. The first-order valence-corrected chi connectivity index (χ1v) is 7.49. The second-order valence-electron chi connectivity index (χ2n) is 4.25. The molecule has 0 saturated heterocycles. The molecule has 2 nitrogen and oxygen atoms in total. The molecule has 1 aromatic heterocycles. The van der Waals surface area contributed by atoms with Gasteiger partial charge in [0.15, 0.2) is 0 Å². The third-order valence-electron chi connectivity index (χ3n) is 2.86. The third kappa shape index (κ3) is 2.70. The fourth-order valence-electron chi connectivity index (χ4n) is 1.88. The van der Waals surface area contributed by atoms with Crippen LogP contribution in [0.15, 0.2) is 58.5 Å². The predicted octanol–water partition coefficient (Wildman–Crippen LogP) is 5.28. The van der Waals surface area contributed by atoms with E-state index in [1.54, 1.807) is 6.07 Å². The topological polar surface area (TPSA) is 38.9 Å². The number of anilines is 1. The van der Waals surface area contributed by atoms with Crippen LogP contribution in [0.4, 0.5) is 5.82 Å². The summed E-state index contributed by atoms with van der Waals surface area (Å²) in [7, 11) is 0. The Bertz CT molecular complexity index is 790. The second-order valence-corrected chi connectivity index (χ2v) is 6.13. The summed E-state index contributed by atoms with van der Waals surface area (Å²) >= 11 is 13.5. The van der Waals surface area contributed by atoms with Gasteiger partial charge in [-0.05, 0) is 29.0 Å². The molecule has 20 heavy (non-hydrogen) atoms. The van der Waals surface area contributed by atoms with E-state index in [1.165, 1.54) is 22.5 Å². The van der Waals surface area contributed by atoms with Crippen LogP contribution in [0, 0.1) is 0 Å². The molecule has 0 radical (unpaired) electrons. The van der Waals surface area contributed by atoms with Gasteiger partial charge in [-0.3, -0.25) is 0 Å². The molecule has 5 heteroatoms. The monoisotopic (exact) mass is 320 g/mol. The summed E-state index contributed by atoms with van der Waals surface area (Å²) in [5.74, 6) is 0.291. The molecule has 0 saturated carbocycles. The van der Waals surface area contributed by atoms with Gasteiger partial charge in [0.05, 0.1) is 10.0 Å². The van der Waals surface area contributed by atoms with Gasteiger partial charge in [0.1, 0.15) is 10.8 Å². The van der Waals surface area contributed by atoms with Gasteiger partial charge >= 0.3 is 0 Å². The van der Waals surface area contributed by atoms with Crippen LogP contribution in [0.1, 0.15) is 0 Å². The van der Waals surface area contributed by atoms with Gasteiger partial charge in [0.25, 0.3) is 0 Å². The standard InChI is InChI=1S/C15H10Cl2N2S/c16-12-8-13(17)15(19-14(12)18)20-11-6-5-9-3-1-2-4-10(9)7-11/h1-8H,(H2,18,19). The highest BCUT2D eigenvalue weighted by molar-refractivity contribution is 7.99. The minimum absolute atomic E-state index is 0.291. The van der Waals surface area contributed by atoms with Crippen LogP contribution in [-0.4, -0.2) is 4.98 Å². The van der Waals surface area contributed by atoms with Crippen molar-refractivity contribution in [1.29, 1.82) is 0 Å². The molecule has 100 valence electrons. The number of nitrogens with two attached hydrogens (primary N) is 1. The fourth-order valence-corrected chi connectivity index (χ4v) is 3.20. The highest BCUT2D eigenvalue weighted by Gasteiger charge is 2.09. The zero-order valence-corrected chi connectivity index (χ0v) is 12.6. The lowest BCUT2D eigenvalue weighted by molar-refractivity contribution is 1.14. The summed E-state index contributed by atoms with van der Waals surface area (Å²) in [6.07, 6.45) is 0. The summed E-state index contributed by atoms with van der Waals surface area (Å²) in [4.78, 5) is 5.28. The van der Waals surface area contributed by atoms with Crippen LogP contribution in [0.2, 0.25) is 10.0 Å². The van der Waals surface area contributed by atoms with Crippen molar-refractivity contribution in [3.8, 4) is 0 Å². The summed E-state index contributed by atoms with van der Waals surface area (Å²) in [5, 5.41) is 3.91. The lowest BCUT2D eigenvalue weighted by atomic mass is 10.1. The van der Waals surface area contributed by atoms with Gasteiger partial charge in [-0.25, -0.2) is 4.98 Å². The van der Waals surface area contributed by atoms with E-state index in [0.717, 1.165) is 4.90 Å². The van der Waals surface area contributed by atoms with Crippen molar-refractivity contribution in [2.24, 2.45) is 0 Å². The number of halogens is 2. The Hall–Kier alpha value is -1.42. The first kappa shape index (κ1) is 13.6. The van der Waals surface area contributed by atoms with Crippen LogP contribution in [0.25, 0.3) is 10.8 Å². The largest absolute Gasteiger partial charge is 0.382 e. The quantitative estimate of drug-likeness (QED) is 0.698. The number of benzene rings is 2. The Labute approximate surface area is 130 Å². The molecule has 0 amide bonds. The number of aromatic nitrogens is 1. The highest BCUT2D eigenvalue weighted by atomic mass is 35.5. The maximum Gasteiger partial charge on any atom is 0.143 e. The molecule has 0 unspecified atom stereocenters. The minimum atomic E-state index is 0.291. The van der Waals surface area contributed by atoms with Gasteiger partial charge in [0.2, 0.25) is 0 Å². The van der Waals surface area contributed by atoms with Crippen molar-refractivity contribution in [2.75, 3.05) is 5.73 Å². The Morgan fingerprint density at radius 1 is 0.900 bits per heavy atom. The molecule has 2 N–H and O–H groups in total. The maximum absolute atomic E-state index is 6.15. The van der Waals surface area contributed by atoms with E-state index in [0.29, 0.717) is 20.9 Å². The molecule has 0 aliphatic rings. The van der Waals surface area contributed by atoms with Crippen LogP contribution < -0.4 is 5.73 Å². The minimum Gasteiger partial charge on any atom is -0.382 e. The number of hydrogen-bond donors (Lipinski definition) is 1. The normalized spacial score (nSPS) is 10.9. The molecule has 1 heterocycles. The maximum atomic E-state index is 6.15. The van der Waals surface area contributed by atoms with Crippen LogP contribution in [-0.2, 0) is 0 Å². The van der Waals surface area contributed by atoms with E-state index in [2.05, 4.69) is 29.2 Å². The van der Waals surface area contributed by atoms with E-state index in [9.17, 15) is 0 Å². The number of nitrogens with zero attached hydrogens (tertiary/aromatic N) is 1. The van der Waals surface area contributed by atoms with Gasteiger partial charge in [-0.2, -0.15) is 0 Å². The molecule has 0 spiro atoms. The SMILES string of the molecule is Nc1nc(Sc2ccc3ccccc3c2)c(Cl)cc1Cl. The number of rotatable bonds is 2. The van der Waals surface area contributed by atoms with Crippen molar-refractivity contribution in [1.82, 2.24) is 4.98 Å². The number of hydrogen-bond acceptors (Lipinski definition) is 3. The summed E-state index contributed by atoms with van der Waals surface area (Å²) < 4.78 is 0. The zero-order valence-electron chi connectivity index (χ0n) is 10.3. The predicted molar refractivity (Wildman–Crippen MR) is 86.7 cm³/mol. The Balaban J connectivity index is 1.99. The van der Waals surface area contributed by atoms with Crippen molar-refractivity contribution < 1.29 is 0 Å². The van der Waals surface area contributed by atoms with Crippen molar-refractivity contribution in [3.05, 3.63) is 58.6 Å². The molecule has 0 aliphatic heterocycles. The number of fused-ring (bicyclic) bond motifs is 1. The lowest BCUT2D eigenvalue weighted by Gasteiger charge is -2.07. The molecule has 3 aromatic rings. The summed E-state index contributed by atoms with van der Waals surface area (Å²) in [5.41, 5.74) is 5.72. The summed E-state index contributed by atoms with van der Waals surface area (Å²) in [6.45, 7) is 0.